The Hall–Kier alpha value is -2.78. The number of aromatic nitrogens is 3. The molecule has 2 fully saturated rings. The van der Waals surface area contributed by atoms with Crippen molar-refractivity contribution in [1.29, 1.82) is 0 Å². The molecule has 9 heteroatoms. The third-order valence-electron chi connectivity index (χ3n) is 5.57. The number of piperidine rings is 1. The molecule has 0 unspecified atom stereocenters. The summed E-state index contributed by atoms with van der Waals surface area (Å²) in [5.41, 5.74) is 1.10. The van der Waals surface area contributed by atoms with E-state index in [1.54, 1.807) is 0 Å². The quantitative estimate of drug-likeness (QED) is 0.716. The zero-order valence-corrected chi connectivity index (χ0v) is 17.3. The van der Waals surface area contributed by atoms with Crippen LogP contribution in [-0.4, -0.2) is 87.9 Å². The molecule has 30 heavy (non-hydrogen) atoms. The Morgan fingerprint density at radius 3 is 2.63 bits per heavy atom. The number of carbonyl (C=O) groups excluding carboxylic acids is 1. The molecule has 2 aromatic rings. The summed E-state index contributed by atoms with van der Waals surface area (Å²) in [6.07, 6.45) is 2.74. The molecule has 9 nitrogen and oxygen atoms in total. The third kappa shape index (κ3) is 5.87. The molecule has 1 amide bonds. The van der Waals surface area contributed by atoms with Gasteiger partial charge in [0, 0.05) is 32.6 Å². The van der Waals surface area contributed by atoms with E-state index in [4.69, 9.17) is 14.6 Å². The van der Waals surface area contributed by atoms with E-state index in [0.717, 1.165) is 51.5 Å². The molecule has 1 aromatic heterocycles. The first-order valence-electron chi connectivity index (χ1n) is 10.2. The summed E-state index contributed by atoms with van der Waals surface area (Å²) in [6.45, 7) is 3.97. The minimum absolute atomic E-state index is 0.0722. The molecule has 2 saturated heterocycles. The predicted molar refractivity (Wildman–Crippen MR) is 110 cm³/mol. The van der Waals surface area contributed by atoms with Crippen LogP contribution in [0.5, 0.6) is 0 Å². The van der Waals surface area contributed by atoms with Crippen molar-refractivity contribution >= 4 is 12.4 Å². The lowest BCUT2D eigenvalue weighted by molar-refractivity contribution is -0.147. The van der Waals surface area contributed by atoms with Gasteiger partial charge in [0.15, 0.2) is 5.82 Å². The van der Waals surface area contributed by atoms with E-state index in [1.165, 1.54) is 5.56 Å². The number of carbonyl (C=O) groups is 2. The lowest BCUT2D eigenvalue weighted by atomic mass is 9.89. The molecule has 0 atom stereocenters. The normalized spacial score (nSPS) is 18.5. The SMILES string of the molecule is CN1CCOC2(CCN(C(=O)Cc3n[nH]c(Cc4ccccc4)n3)CC2)C1.O=CO. The molecule has 4 rings (SSSR count). The number of nitrogens with zero attached hydrogens (tertiary/aromatic N) is 4. The van der Waals surface area contributed by atoms with Gasteiger partial charge in [0.25, 0.3) is 6.47 Å². The van der Waals surface area contributed by atoms with Gasteiger partial charge >= 0.3 is 0 Å². The monoisotopic (exact) mass is 415 g/mol. The van der Waals surface area contributed by atoms with Crippen molar-refractivity contribution in [3.8, 4) is 0 Å². The first kappa shape index (κ1) is 21.9. The number of carboxylic acid groups (broad SMARTS) is 1. The zero-order chi connectivity index (χ0) is 21.4. The molecule has 162 valence electrons. The number of likely N-dealkylation sites (tertiary alicyclic amines) is 1. The molecule has 2 aliphatic rings. The highest BCUT2D eigenvalue weighted by molar-refractivity contribution is 5.78. The number of aromatic amines is 1. The number of hydrogen-bond acceptors (Lipinski definition) is 6. The minimum Gasteiger partial charge on any atom is -0.483 e. The van der Waals surface area contributed by atoms with Crippen LogP contribution in [0.2, 0.25) is 0 Å². The lowest BCUT2D eigenvalue weighted by Crippen LogP contribution is -2.56. The molecule has 1 spiro atoms. The summed E-state index contributed by atoms with van der Waals surface area (Å²) >= 11 is 0. The summed E-state index contributed by atoms with van der Waals surface area (Å²) in [6, 6.07) is 10.1. The summed E-state index contributed by atoms with van der Waals surface area (Å²) in [7, 11) is 2.14. The van der Waals surface area contributed by atoms with Crippen LogP contribution in [0.15, 0.2) is 30.3 Å². The van der Waals surface area contributed by atoms with E-state index in [9.17, 15) is 4.79 Å². The Labute approximate surface area is 176 Å². The van der Waals surface area contributed by atoms with Crippen molar-refractivity contribution < 1.29 is 19.4 Å². The number of ether oxygens (including phenoxy) is 1. The molecule has 2 N–H and O–H groups in total. The highest BCUT2D eigenvalue weighted by Gasteiger charge is 2.39. The van der Waals surface area contributed by atoms with E-state index < -0.39 is 0 Å². The van der Waals surface area contributed by atoms with E-state index in [2.05, 4.69) is 39.3 Å². The minimum atomic E-state index is -0.250. The fourth-order valence-electron chi connectivity index (χ4n) is 4.03. The van der Waals surface area contributed by atoms with Crippen molar-refractivity contribution in [2.75, 3.05) is 39.8 Å². The van der Waals surface area contributed by atoms with Gasteiger partial charge in [-0.3, -0.25) is 14.7 Å². The fraction of sp³-hybridized carbons (Fsp3) is 0.524. The van der Waals surface area contributed by atoms with E-state index in [1.807, 2.05) is 23.1 Å². The molecule has 0 bridgehead atoms. The van der Waals surface area contributed by atoms with Gasteiger partial charge in [-0.1, -0.05) is 30.3 Å². The Morgan fingerprint density at radius 2 is 1.97 bits per heavy atom. The van der Waals surface area contributed by atoms with E-state index in [0.29, 0.717) is 12.2 Å². The van der Waals surface area contributed by atoms with E-state index >= 15 is 0 Å². The van der Waals surface area contributed by atoms with Gasteiger partial charge in [0.1, 0.15) is 5.82 Å². The largest absolute Gasteiger partial charge is 0.483 e. The van der Waals surface area contributed by atoms with Crippen LogP contribution >= 0.6 is 0 Å². The molecule has 1 aromatic carbocycles. The second-order valence-electron chi connectivity index (χ2n) is 7.79. The standard InChI is InChI=1S/C20H27N5O2.CH2O2/c1-24-11-12-27-20(15-24)7-9-25(10-8-20)19(26)14-18-21-17(22-23-18)13-16-5-3-2-4-6-16;2-1-3/h2-6H,7-15H2,1H3,(H,21,22,23);1H,(H,2,3). The number of rotatable bonds is 4. The number of amides is 1. The van der Waals surface area contributed by atoms with Crippen molar-refractivity contribution in [2.45, 2.75) is 31.3 Å². The Kier molecular flexibility index (Phi) is 7.53. The Morgan fingerprint density at radius 1 is 1.27 bits per heavy atom. The number of likely N-dealkylation sites (N-methyl/N-ethyl adjacent to an activating group) is 1. The van der Waals surface area contributed by atoms with Gasteiger partial charge in [-0.15, -0.1) is 0 Å². The van der Waals surface area contributed by atoms with Crippen molar-refractivity contribution in [1.82, 2.24) is 25.0 Å². The second-order valence-corrected chi connectivity index (χ2v) is 7.79. The number of H-pyrrole nitrogens is 1. The average Bonchev–Trinajstić information content (AvgIpc) is 3.16. The van der Waals surface area contributed by atoms with Crippen molar-refractivity contribution in [3.63, 3.8) is 0 Å². The summed E-state index contributed by atoms with van der Waals surface area (Å²) in [4.78, 5) is 29.7. The first-order chi connectivity index (χ1) is 14.5. The van der Waals surface area contributed by atoms with Crippen molar-refractivity contribution in [3.05, 3.63) is 47.5 Å². The Balaban J connectivity index is 0.000000806. The smallest absolute Gasteiger partial charge is 0.290 e. The van der Waals surface area contributed by atoms with Gasteiger partial charge < -0.3 is 19.6 Å². The van der Waals surface area contributed by atoms with Crippen molar-refractivity contribution in [2.24, 2.45) is 0 Å². The van der Waals surface area contributed by atoms with Gasteiger partial charge in [-0.25, -0.2) is 4.98 Å². The topological polar surface area (TPSA) is 112 Å². The molecule has 0 radical (unpaired) electrons. The molecule has 0 aliphatic carbocycles. The van der Waals surface area contributed by atoms with Crippen LogP contribution in [0.25, 0.3) is 0 Å². The predicted octanol–water partition coefficient (Wildman–Crippen LogP) is 0.962. The lowest BCUT2D eigenvalue weighted by Gasteiger charge is -2.46. The molecule has 2 aliphatic heterocycles. The maximum Gasteiger partial charge on any atom is 0.290 e. The fourth-order valence-corrected chi connectivity index (χ4v) is 4.03. The molecule has 0 saturated carbocycles. The van der Waals surface area contributed by atoms with Crippen LogP contribution in [0, 0.1) is 0 Å². The number of benzene rings is 1. The maximum atomic E-state index is 12.7. The third-order valence-corrected chi connectivity index (χ3v) is 5.57. The zero-order valence-electron chi connectivity index (χ0n) is 17.3. The van der Waals surface area contributed by atoms with Crippen LogP contribution in [0.1, 0.15) is 30.1 Å². The van der Waals surface area contributed by atoms with Crippen LogP contribution in [0.4, 0.5) is 0 Å². The van der Waals surface area contributed by atoms with Gasteiger partial charge in [-0.2, -0.15) is 5.10 Å². The summed E-state index contributed by atoms with van der Waals surface area (Å²) < 4.78 is 6.07. The van der Waals surface area contributed by atoms with Crippen LogP contribution in [0.3, 0.4) is 0 Å². The van der Waals surface area contributed by atoms with Gasteiger partial charge in [0.05, 0.1) is 18.6 Å². The average molecular weight is 415 g/mol. The number of nitrogens with one attached hydrogen (secondary N) is 1. The second kappa shape index (κ2) is 10.3. The number of hydrogen-bond donors (Lipinski definition) is 2. The summed E-state index contributed by atoms with van der Waals surface area (Å²) in [5, 5.41) is 14.1. The molecular formula is C21H29N5O4. The van der Waals surface area contributed by atoms with E-state index in [-0.39, 0.29) is 24.4 Å². The molecular weight excluding hydrogens is 386 g/mol. The highest BCUT2D eigenvalue weighted by Crippen LogP contribution is 2.29. The Bertz CT molecular complexity index is 818. The molecule has 3 heterocycles. The van der Waals surface area contributed by atoms with Crippen LogP contribution < -0.4 is 0 Å². The summed E-state index contributed by atoms with van der Waals surface area (Å²) in [5.74, 6) is 1.46. The van der Waals surface area contributed by atoms with Crippen LogP contribution in [-0.2, 0) is 27.2 Å². The van der Waals surface area contributed by atoms with Gasteiger partial charge in [-0.05, 0) is 25.5 Å². The number of morpholine rings is 1. The maximum absolute atomic E-state index is 12.7. The highest BCUT2D eigenvalue weighted by atomic mass is 16.5. The first-order valence-corrected chi connectivity index (χ1v) is 10.2. The van der Waals surface area contributed by atoms with Gasteiger partial charge in [0.2, 0.25) is 5.91 Å².